The number of para-hydroxylation sites is 1. The Morgan fingerprint density at radius 2 is 1.56 bits per heavy atom. The van der Waals surface area contributed by atoms with E-state index in [-0.39, 0.29) is 18.2 Å². The number of hydrogen-bond donors (Lipinski definition) is 0. The van der Waals surface area contributed by atoms with Crippen LogP contribution in [0.3, 0.4) is 0 Å². The van der Waals surface area contributed by atoms with E-state index in [9.17, 15) is 4.39 Å². The first-order chi connectivity index (χ1) is 12.8. The summed E-state index contributed by atoms with van der Waals surface area (Å²) in [6.07, 6.45) is 1.99. The van der Waals surface area contributed by atoms with Crippen molar-refractivity contribution in [2.75, 3.05) is 37.6 Å². The second-order valence-electron chi connectivity index (χ2n) is 6.51. The van der Waals surface area contributed by atoms with E-state index in [4.69, 9.17) is 0 Å². The maximum Gasteiger partial charge on any atom is 0.146 e. The molecule has 1 fully saturated rings. The molecule has 0 spiro atoms. The molecule has 7 heteroatoms. The van der Waals surface area contributed by atoms with E-state index in [0.717, 1.165) is 50.5 Å². The summed E-state index contributed by atoms with van der Waals surface area (Å²) >= 11 is 0. The average molecular weight is 388 g/mol. The van der Waals surface area contributed by atoms with Crippen molar-refractivity contribution in [3.63, 3.8) is 0 Å². The Kier molecular flexibility index (Phi) is 6.42. The third-order valence-electron chi connectivity index (χ3n) is 4.82. The standard InChI is InChI=1S/C20H22FN5.ClH/c21-18-8-4-5-9-20(18)25-13-10-24(11-14-25)12-15-26-16-19(22-23-26)17-6-2-1-3-7-17;/h1-9,16H,10-15H2;1H. The van der Waals surface area contributed by atoms with Gasteiger partial charge in [0.2, 0.25) is 0 Å². The number of hydrogen-bond acceptors (Lipinski definition) is 4. The second kappa shape index (κ2) is 8.97. The van der Waals surface area contributed by atoms with Crippen molar-refractivity contribution in [1.29, 1.82) is 0 Å². The number of nitrogens with zero attached hydrogens (tertiary/aromatic N) is 5. The summed E-state index contributed by atoms with van der Waals surface area (Å²) in [6.45, 7) is 5.26. The van der Waals surface area contributed by atoms with E-state index in [1.807, 2.05) is 53.3 Å². The third kappa shape index (κ3) is 4.64. The quantitative estimate of drug-likeness (QED) is 0.673. The van der Waals surface area contributed by atoms with Crippen LogP contribution in [0, 0.1) is 5.82 Å². The van der Waals surface area contributed by atoms with Gasteiger partial charge in [0.05, 0.1) is 18.4 Å². The fraction of sp³-hybridized carbons (Fsp3) is 0.300. The smallest absolute Gasteiger partial charge is 0.146 e. The summed E-state index contributed by atoms with van der Waals surface area (Å²) in [7, 11) is 0. The van der Waals surface area contributed by atoms with Crippen molar-refractivity contribution in [2.24, 2.45) is 0 Å². The lowest BCUT2D eigenvalue weighted by molar-refractivity contribution is 0.243. The lowest BCUT2D eigenvalue weighted by atomic mass is 10.2. The first-order valence-electron chi connectivity index (χ1n) is 8.97. The minimum atomic E-state index is -0.142. The number of rotatable bonds is 5. The molecule has 0 saturated carbocycles. The summed E-state index contributed by atoms with van der Waals surface area (Å²) in [6, 6.07) is 17.1. The zero-order chi connectivity index (χ0) is 17.8. The molecule has 0 bridgehead atoms. The largest absolute Gasteiger partial charge is 0.367 e. The summed E-state index contributed by atoms with van der Waals surface area (Å²) in [5.74, 6) is -0.142. The number of aromatic nitrogens is 3. The van der Waals surface area contributed by atoms with Gasteiger partial charge < -0.3 is 4.90 Å². The van der Waals surface area contributed by atoms with E-state index in [1.165, 1.54) is 6.07 Å². The fourth-order valence-corrected chi connectivity index (χ4v) is 3.31. The minimum absolute atomic E-state index is 0. The third-order valence-corrected chi connectivity index (χ3v) is 4.82. The monoisotopic (exact) mass is 387 g/mol. The Labute approximate surface area is 164 Å². The fourth-order valence-electron chi connectivity index (χ4n) is 3.31. The van der Waals surface area contributed by atoms with Gasteiger partial charge in [-0.25, -0.2) is 4.39 Å². The van der Waals surface area contributed by atoms with Gasteiger partial charge in [0.25, 0.3) is 0 Å². The first kappa shape index (κ1) is 19.3. The molecule has 27 heavy (non-hydrogen) atoms. The van der Waals surface area contributed by atoms with Gasteiger partial charge in [-0.3, -0.25) is 9.58 Å². The summed E-state index contributed by atoms with van der Waals surface area (Å²) in [4.78, 5) is 4.51. The van der Waals surface area contributed by atoms with Crippen LogP contribution in [-0.2, 0) is 6.54 Å². The molecule has 0 N–H and O–H groups in total. The lowest BCUT2D eigenvalue weighted by Gasteiger charge is -2.36. The molecule has 2 aromatic carbocycles. The Morgan fingerprint density at radius 3 is 2.30 bits per heavy atom. The minimum Gasteiger partial charge on any atom is -0.367 e. The maximum absolute atomic E-state index is 13.9. The van der Waals surface area contributed by atoms with E-state index < -0.39 is 0 Å². The van der Waals surface area contributed by atoms with Gasteiger partial charge in [-0.05, 0) is 12.1 Å². The highest BCUT2D eigenvalue weighted by atomic mass is 35.5. The molecule has 0 atom stereocenters. The van der Waals surface area contributed by atoms with Crippen molar-refractivity contribution in [1.82, 2.24) is 19.9 Å². The molecule has 1 aliphatic heterocycles. The molecule has 1 saturated heterocycles. The van der Waals surface area contributed by atoms with Crippen LogP contribution in [0.4, 0.5) is 10.1 Å². The van der Waals surface area contributed by atoms with Crippen molar-refractivity contribution < 1.29 is 4.39 Å². The highest BCUT2D eigenvalue weighted by Gasteiger charge is 2.19. The topological polar surface area (TPSA) is 37.2 Å². The number of piperazine rings is 1. The van der Waals surface area contributed by atoms with Gasteiger partial charge in [0.15, 0.2) is 0 Å². The molecule has 4 rings (SSSR count). The molecule has 5 nitrogen and oxygen atoms in total. The highest BCUT2D eigenvalue weighted by Crippen LogP contribution is 2.20. The number of benzene rings is 2. The molecule has 2 heterocycles. The van der Waals surface area contributed by atoms with Crippen LogP contribution >= 0.6 is 12.4 Å². The van der Waals surface area contributed by atoms with Gasteiger partial charge in [-0.1, -0.05) is 47.7 Å². The van der Waals surface area contributed by atoms with Gasteiger partial charge in [0.1, 0.15) is 11.5 Å². The van der Waals surface area contributed by atoms with Crippen LogP contribution in [0.2, 0.25) is 0 Å². The summed E-state index contributed by atoms with van der Waals surface area (Å²) < 4.78 is 15.8. The van der Waals surface area contributed by atoms with Crippen LogP contribution in [-0.4, -0.2) is 52.6 Å². The molecular formula is C20H23ClFN5. The Hall–Kier alpha value is -2.44. The zero-order valence-electron chi connectivity index (χ0n) is 15.0. The van der Waals surface area contributed by atoms with Crippen LogP contribution in [0.1, 0.15) is 0 Å². The van der Waals surface area contributed by atoms with Crippen LogP contribution < -0.4 is 4.90 Å². The molecule has 0 unspecified atom stereocenters. The van der Waals surface area contributed by atoms with E-state index in [2.05, 4.69) is 20.1 Å². The van der Waals surface area contributed by atoms with Crippen molar-refractivity contribution in [3.8, 4) is 11.3 Å². The average Bonchev–Trinajstić information content (AvgIpc) is 3.17. The predicted molar refractivity (Wildman–Crippen MR) is 108 cm³/mol. The van der Waals surface area contributed by atoms with E-state index in [1.54, 1.807) is 6.07 Å². The van der Waals surface area contributed by atoms with Crippen molar-refractivity contribution in [2.45, 2.75) is 6.54 Å². The van der Waals surface area contributed by atoms with Crippen molar-refractivity contribution in [3.05, 3.63) is 66.6 Å². The first-order valence-corrected chi connectivity index (χ1v) is 8.97. The van der Waals surface area contributed by atoms with E-state index >= 15 is 0 Å². The SMILES string of the molecule is Cl.Fc1ccccc1N1CCN(CCn2cc(-c3ccccc3)nn2)CC1. The molecule has 1 aliphatic rings. The van der Waals surface area contributed by atoms with Gasteiger partial charge in [0, 0.05) is 38.3 Å². The summed E-state index contributed by atoms with van der Waals surface area (Å²) in [5.41, 5.74) is 2.68. The predicted octanol–water partition coefficient (Wildman–Crippen LogP) is 3.33. The van der Waals surface area contributed by atoms with Crippen LogP contribution in [0.5, 0.6) is 0 Å². The zero-order valence-corrected chi connectivity index (χ0v) is 15.9. The molecule has 0 amide bonds. The maximum atomic E-state index is 13.9. The number of halogens is 2. The van der Waals surface area contributed by atoms with Gasteiger partial charge >= 0.3 is 0 Å². The Balaban J connectivity index is 0.00000210. The molecule has 0 radical (unpaired) electrons. The molecule has 3 aromatic rings. The second-order valence-corrected chi connectivity index (χ2v) is 6.51. The Bertz CT molecular complexity index is 846. The van der Waals surface area contributed by atoms with Gasteiger partial charge in [-0.15, -0.1) is 17.5 Å². The molecular weight excluding hydrogens is 365 g/mol. The van der Waals surface area contributed by atoms with Crippen molar-refractivity contribution >= 4 is 18.1 Å². The molecule has 1 aromatic heterocycles. The number of anilines is 1. The Morgan fingerprint density at radius 1 is 0.852 bits per heavy atom. The lowest BCUT2D eigenvalue weighted by Crippen LogP contribution is -2.47. The summed E-state index contributed by atoms with van der Waals surface area (Å²) in [5, 5.41) is 8.49. The highest BCUT2D eigenvalue weighted by molar-refractivity contribution is 5.85. The molecule has 0 aliphatic carbocycles. The van der Waals surface area contributed by atoms with Crippen LogP contribution in [0.15, 0.2) is 60.8 Å². The van der Waals surface area contributed by atoms with E-state index in [0.29, 0.717) is 5.69 Å². The molecule has 142 valence electrons. The van der Waals surface area contributed by atoms with Gasteiger partial charge in [-0.2, -0.15) is 0 Å². The van der Waals surface area contributed by atoms with Crippen LogP contribution in [0.25, 0.3) is 11.3 Å². The normalized spacial score (nSPS) is 14.8.